The van der Waals surface area contributed by atoms with Crippen LogP contribution in [-0.2, 0) is 6.54 Å². The predicted octanol–water partition coefficient (Wildman–Crippen LogP) is 4.45. The number of nitrogens with zero attached hydrogens (tertiary/aromatic N) is 1. The van der Waals surface area contributed by atoms with Gasteiger partial charge in [0.25, 0.3) is 0 Å². The number of rotatable bonds is 6. The Bertz CT molecular complexity index is 484. The van der Waals surface area contributed by atoms with Crippen molar-refractivity contribution in [2.75, 3.05) is 18.4 Å². The summed E-state index contributed by atoms with van der Waals surface area (Å²) in [4.78, 5) is 2.51. The van der Waals surface area contributed by atoms with Crippen LogP contribution in [0.4, 0.5) is 0 Å². The summed E-state index contributed by atoms with van der Waals surface area (Å²) in [6.45, 7) is 5.55. The lowest BCUT2D eigenvalue weighted by atomic mass is 10.0. The molecule has 0 aliphatic heterocycles. The highest BCUT2D eigenvalue weighted by atomic mass is 79.9. The van der Waals surface area contributed by atoms with E-state index in [1.807, 2.05) is 0 Å². The average Bonchev–Trinajstić information content (AvgIpc) is 2.40. The van der Waals surface area contributed by atoms with E-state index >= 15 is 0 Å². The Balaban J connectivity index is 2.24. The van der Waals surface area contributed by atoms with Crippen LogP contribution in [0, 0.1) is 0 Å². The summed E-state index contributed by atoms with van der Waals surface area (Å²) >= 11 is 3.54. The molecule has 2 rings (SSSR count). The van der Waals surface area contributed by atoms with Gasteiger partial charge in [-0.3, -0.25) is 4.90 Å². The summed E-state index contributed by atoms with van der Waals surface area (Å²) in [5.41, 5.74) is 1.43. The molecule has 1 nitrogen and oxygen atoms in total. The predicted molar refractivity (Wildman–Crippen MR) is 83.3 cm³/mol. The molecular formula is C16H20BrN. The van der Waals surface area contributed by atoms with Gasteiger partial charge in [0.2, 0.25) is 0 Å². The molecule has 96 valence electrons. The molecule has 0 unspecified atom stereocenters. The van der Waals surface area contributed by atoms with Crippen LogP contribution in [-0.4, -0.2) is 23.3 Å². The zero-order chi connectivity index (χ0) is 12.8. The van der Waals surface area contributed by atoms with Gasteiger partial charge in [0, 0.05) is 18.4 Å². The van der Waals surface area contributed by atoms with Crippen molar-refractivity contribution in [2.24, 2.45) is 0 Å². The molecule has 2 aromatic rings. The summed E-state index contributed by atoms with van der Waals surface area (Å²) < 4.78 is 0. The second-order valence-electron chi connectivity index (χ2n) is 4.60. The van der Waals surface area contributed by atoms with Gasteiger partial charge < -0.3 is 0 Å². The molecule has 0 aliphatic carbocycles. The topological polar surface area (TPSA) is 3.24 Å². The highest BCUT2D eigenvalue weighted by molar-refractivity contribution is 9.09. The van der Waals surface area contributed by atoms with Crippen molar-refractivity contribution < 1.29 is 0 Å². The molecule has 0 radical (unpaired) electrons. The zero-order valence-electron chi connectivity index (χ0n) is 10.9. The van der Waals surface area contributed by atoms with E-state index < -0.39 is 0 Å². The number of benzene rings is 2. The molecule has 0 aliphatic rings. The fourth-order valence-corrected chi connectivity index (χ4v) is 2.88. The van der Waals surface area contributed by atoms with Gasteiger partial charge in [-0.1, -0.05) is 65.3 Å². The summed E-state index contributed by atoms with van der Waals surface area (Å²) in [7, 11) is 0. The maximum absolute atomic E-state index is 3.54. The smallest absolute Gasteiger partial charge is 0.0240 e. The van der Waals surface area contributed by atoms with Crippen molar-refractivity contribution in [3.63, 3.8) is 0 Å². The summed E-state index contributed by atoms with van der Waals surface area (Å²) in [6.07, 6.45) is 1.21. The molecule has 0 aromatic heterocycles. The standard InChI is InChI=1S/C16H20BrN/c1-2-11-18(12-10-17)13-15-8-5-7-14-6-3-4-9-16(14)15/h3-9H,2,10-13H2,1H3. The Kier molecular flexibility index (Phi) is 5.21. The first-order chi connectivity index (χ1) is 8.85. The third-order valence-corrected chi connectivity index (χ3v) is 3.57. The molecule has 0 amide bonds. The quantitative estimate of drug-likeness (QED) is 0.713. The van der Waals surface area contributed by atoms with Gasteiger partial charge in [0.15, 0.2) is 0 Å². The van der Waals surface area contributed by atoms with Gasteiger partial charge in [0.05, 0.1) is 0 Å². The van der Waals surface area contributed by atoms with Gasteiger partial charge in [-0.25, -0.2) is 0 Å². The number of alkyl halides is 1. The van der Waals surface area contributed by atoms with Crippen molar-refractivity contribution in [3.05, 3.63) is 48.0 Å². The van der Waals surface area contributed by atoms with Crippen molar-refractivity contribution in [2.45, 2.75) is 19.9 Å². The van der Waals surface area contributed by atoms with E-state index in [2.05, 4.69) is 70.2 Å². The van der Waals surface area contributed by atoms with E-state index in [4.69, 9.17) is 0 Å². The van der Waals surface area contributed by atoms with Crippen LogP contribution in [0.5, 0.6) is 0 Å². The molecule has 18 heavy (non-hydrogen) atoms. The van der Waals surface area contributed by atoms with E-state index in [0.717, 1.165) is 25.0 Å². The van der Waals surface area contributed by atoms with Gasteiger partial charge in [-0.05, 0) is 29.3 Å². The van der Waals surface area contributed by atoms with E-state index in [9.17, 15) is 0 Å². The lowest BCUT2D eigenvalue weighted by molar-refractivity contribution is 0.285. The zero-order valence-corrected chi connectivity index (χ0v) is 12.5. The molecule has 0 heterocycles. The maximum atomic E-state index is 3.54. The first-order valence-electron chi connectivity index (χ1n) is 6.60. The first kappa shape index (κ1) is 13.6. The minimum Gasteiger partial charge on any atom is -0.298 e. The SMILES string of the molecule is CCCN(CCBr)Cc1cccc2ccccc12. The van der Waals surface area contributed by atoms with E-state index in [1.54, 1.807) is 0 Å². The highest BCUT2D eigenvalue weighted by Gasteiger charge is 2.06. The highest BCUT2D eigenvalue weighted by Crippen LogP contribution is 2.20. The Hall–Kier alpha value is -0.860. The number of fused-ring (bicyclic) bond motifs is 1. The Labute approximate surface area is 118 Å². The second-order valence-corrected chi connectivity index (χ2v) is 5.40. The Morgan fingerprint density at radius 1 is 1.00 bits per heavy atom. The van der Waals surface area contributed by atoms with Crippen LogP contribution in [0.1, 0.15) is 18.9 Å². The fraction of sp³-hybridized carbons (Fsp3) is 0.375. The number of halogens is 1. The van der Waals surface area contributed by atoms with Crippen molar-refractivity contribution in [3.8, 4) is 0 Å². The summed E-state index contributed by atoms with van der Waals surface area (Å²) in [6, 6.07) is 15.2. The van der Waals surface area contributed by atoms with Gasteiger partial charge in [0.1, 0.15) is 0 Å². The molecular weight excluding hydrogens is 286 g/mol. The van der Waals surface area contributed by atoms with Crippen LogP contribution >= 0.6 is 15.9 Å². The lowest BCUT2D eigenvalue weighted by Crippen LogP contribution is -2.26. The maximum Gasteiger partial charge on any atom is 0.0240 e. The minimum absolute atomic E-state index is 1.04. The molecule has 0 atom stereocenters. The van der Waals surface area contributed by atoms with Gasteiger partial charge in [-0.2, -0.15) is 0 Å². The van der Waals surface area contributed by atoms with Crippen molar-refractivity contribution in [1.82, 2.24) is 4.90 Å². The van der Waals surface area contributed by atoms with Crippen LogP contribution in [0.25, 0.3) is 10.8 Å². The molecule has 0 fully saturated rings. The van der Waals surface area contributed by atoms with E-state index in [1.165, 1.54) is 22.8 Å². The molecule has 2 aromatic carbocycles. The van der Waals surface area contributed by atoms with Crippen molar-refractivity contribution >= 4 is 26.7 Å². The monoisotopic (exact) mass is 305 g/mol. The summed E-state index contributed by atoms with van der Waals surface area (Å²) in [5.74, 6) is 0. The largest absolute Gasteiger partial charge is 0.298 e. The summed E-state index contributed by atoms with van der Waals surface area (Å²) in [5, 5.41) is 3.76. The third kappa shape index (κ3) is 3.33. The van der Waals surface area contributed by atoms with Crippen LogP contribution in [0.3, 0.4) is 0 Å². The third-order valence-electron chi connectivity index (χ3n) is 3.21. The van der Waals surface area contributed by atoms with Gasteiger partial charge in [-0.15, -0.1) is 0 Å². The Morgan fingerprint density at radius 2 is 1.78 bits per heavy atom. The normalized spacial score (nSPS) is 11.3. The van der Waals surface area contributed by atoms with Crippen LogP contribution in [0.15, 0.2) is 42.5 Å². The molecule has 0 saturated carbocycles. The first-order valence-corrected chi connectivity index (χ1v) is 7.72. The molecule has 0 spiro atoms. The number of hydrogen-bond acceptors (Lipinski definition) is 1. The minimum atomic E-state index is 1.04. The second kappa shape index (κ2) is 6.91. The van der Waals surface area contributed by atoms with Crippen molar-refractivity contribution in [1.29, 1.82) is 0 Å². The van der Waals surface area contributed by atoms with E-state index in [-0.39, 0.29) is 0 Å². The molecule has 0 N–H and O–H groups in total. The molecule has 2 heteroatoms. The fourth-order valence-electron chi connectivity index (χ4n) is 2.38. The van der Waals surface area contributed by atoms with E-state index in [0.29, 0.717) is 0 Å². The Morgan fingerprint density at radius 3 is 2.56 bits per heavy atom. The number of hydrogen-bond donors (Lipinski definition) is 0. The van der Waals surface area contributed by atoms with Crippen LogP contribution in [0.2, 0.25) is 0 Å². The lowest BCUT2D eigenvalue weighted by Gasteiger charge is -2.21. The molecule has 0 saturated heterocycles. The van der Waals surface area contributed by atoms with Gasteiger partial charge >= 0.3 is 0 Å². The van der Waals surface area contributed by atoms with Crippen LogP contribution < -0.4 is 0 Å². The average molecular weight is 306 g/mol. The molecule has 0 bridgehead atoms.